The number of nitrogens with zero attached hydrogens (tertiary/aromatic N) is 1. The number of sulfone groups is 1. The Morgan fingerprint density at radius 3 is 2.50 bits per heavy atom. The molecule has 1 amide bonds. The Morgan fingerprint density at radius 1 is 0.977 bits per heavy atom. The minimum Gasteiger partial charge on any atom is -0.484 e. The minimum absolute atomic E-state index is 0. The van der Waals surface area contributed by atoms with Gasteiger partial charge in [0, 0.05) is 28.9 Å². The largest absolute Gasteiger partial charge is 0.484 e. The van der Waals surface area contributed by atoms with Gasteiger partial charge in [0.15, 0.2) is 16.4 Å². The Bertz CT molecular complexity index is 1770. The number of amidine groups is 1. The molecule has 0 unspecified atom stereocenters. The zero-order valence-electron chi connectivity index (χ0n) is 23.8. The van der Waals surface area contributed by atoms with Crippen LogP contribution in [-0.4, -0.2) is 58.2 Å². The number of carbonyl (C=O) groups is 2. The number of esters is 1. The molecule has 44 heavy (non-hydrogen) atoms. The molecule has 0 atom stereocenters. The Labute approximate surface area is 273 Å². The Hall–Kier alpha value is -4.17. The molecule has 10 nitrogen and oxygen atoms in total. The molecule has 1 heterocycles. The topological polar surface area (TPSA) is 152 Å². The molecular formula is C32H33IN4O6S. The molecule has 0 saturated heterocycles. The first-order valence-corrected chi connectivity index (χ1v) is 15.5. The molecule has 0 radical (unpaired) electrons. The van der Waals surface area contributed by atoms with Gasteiger partial charge in [0.1, 0.15) is 24.7 Å². The molecule has 230 valence electrons. The lowest BCUT2D eigenvalue weighted by atomic mass is 10.0. The van der Waals surface area contributed by atoms with Crippen molar-refractivity contribution < 1.29 is 27.5 Å². The van der Waals surface area contributed by atoms with Gasteiger partial charge in [-0.3, -0.25) is 15.0 Å². The van der Waals surface area contributed by atoms with Crippen molar-refractivity contribution in [3.63, 3.8) is 0 Å². The van der Waals surface area contributed by atoms with Crippen LogP contribution in [0, 0.1) is 5.41 Å². The van der Waals surface area contributed by atoms with Crippen LogP contribution in [0.1, 0.15) is 17.5 Å². The van der Waals surface area contributed by atoms with Crippen molar-refractivity contribution in [3.8, 4) is 5.75 Å². The maximum absolute atomic E-state index is 13.0. The van der Waals surface area contributed by atoms with E-state index in [1.165, 1.54) is 0 Å². The van der Waals surface area contributed by atoms with Crippen LogP contribution in [0.3, 0.4) is 0 Å². The number of amides is 1. The number of fused-ring (bicyclic) bond motifs is 2. The second-order valence-electron chi connectivity index (χ2n) is 10.1. The summed E-state index contributed by atoms with van der Waals surface area (Å²) in [4.78, 5) is 27.2. The van der Waals surface area contributed by atoms with Crippen LogP contribution in [0.2, 0.25) is 0 Å². The number of ether oxygens (including phenoxy) is 2. The number of halogens is 1. The molecule has 4 N–H and O–H groups in total. The summed E-state index contributed by atoms with van der Waals surface area (Å²) in [5, 5.41) is 12.0. The van der Waals surface area contributed by atoms with E-state index >= 15 is 0 Å². The average molecular weight is 729 g/mol. The molecule has 4 aromatic rings. The van der Waals surface area contributed by atoms with Crippen molar-refractivity contribution in [2.45, 2.75) is 17.7 Å². The standard InChI is InChI=1S/C32H32N4O6S.HI/c33-32(34)23-10-13-26(14-11-23)42-21-30(37)36-16-4-7-24-19-25(12-15-28(24)36)35-20-31(38)41-17-18-43(39,40)29-9-3-6-22-5-1-2-8-27(22)29;/h1-3,5-6,8-15,19,35H,4,7,16-18,20-21H2,(H3,33,34);1H. The fraction of sp³-hybridized carbons (Fsp3) is 0.219. The third-order valence-electron chi connectivity index (χ3n) is 7.16. The number of nitrogens with one attached hydrogen (secondary N) is 2. The van der Waals surface area contributed by atoms with Gasteiger partial charge in [0.25, 0.3) is 5.91 Å². The Morgan fingerprint density at radius 2 is 1.73 bits per heavy atom. The maximum atomic E-state index is 13.0. The smallest absolute Gasteiger partial charge is 0.325 e. The molecule has 0 fully saturated rings. The molecule has 12 heteroatoms. The third kappa shape index (κ3) is 7.85. The molecule has 0 spiro atoms. The number of anilines is 2. The van der Waals surface area contributed by atoms with E-state index in [0.717, 1.165) is 29.5 Å². The summed E-state index contributed by atoms with van der Waals surface area (Å²) in [5.74, 6) is -0.603. The van der Waals surface area contributed by atoms with Gasteiger partial charge in [0.05, 0.1) is 10.6 Å². The zero-order valence-corrected chi connectivity index (χ0v) is 27.0. The van der Waals surface area contributed by atoms with Gasteiger partial charge in [0.2, 0.25) is 0 Å². The predicted octanol–water partition coefficient (Wildman–Crippen LogP) is 4.53. The highest BCUT2D eigenvalue weighted by Crippen LogP contribution is 2.30. The van der Waals surface area contributed by atoms with Crippen LogP contribution in [-0.2, 0) is 30.6 Å². The van der Waals surface area contributed by atoms with Gasteiger partial charge < -0.3 is 25.4 Å². The van der Waals surface area contributed by atoms with E-state index in [9.17, 15) is 18.0 Å². The highest BCUT2D eigenvalue weighted by Gasteiger charge is 2.23. The van der Waals surface area contributed by atoms with E-state index in [0.29, 0.717) is 28.9 Å². The SMILES string of the molecule is I.N=C(N)c1ccc(OCC(=O)N2CCCc3cc(NCC(=O)OCCS(=O)(=O)c4cccc5ccccc45)ccc32)cc1. The minimum atomic E-state index is -3.65. The molecule has 0 aliphatic carbocycles. The monoisotopic (exact) mass is 728 g/mol. The van der Waals surface area contributed by atoms with Gasteiger partial charge in [-0.05, 0) is 72.3 Å². The molecule has 0 aromatic heterocycles. The van der Waals surface area contributed by atoms with Crippen molar-refractivity contribution in [2.24, 2.45) is 5.73 Å². The van der Waals surface area contributed by atoms with Gasteiger partial charge in [-0.1, -0.05) is 36.4 Å². The quantitative estimate of drug-likeness (QED) is 0.0883. The van der Waals surface area contributed by atoms with Gasteiger partial charge in [-0.2, -0.15) is 0 Å². The fourth-order valence-corrected chi connectivity index (χ4v) is 6.32. The van der Waals surface area contributed by atoms with Gasteiger partial charge in [-0.25, -0.2) is 8.42 Å². The number of benzene rings is 4. The zero-order chi connectivity index (χ0) is 30.4. The summed E-state index contributed by atoms with van der Waals surface area (Å²) in [6.07, 6.45) is 1.56. The summed E-state index contributed by atoms with van der Waals surface area (Å²) in [6, 6.07) is 24.5. The van der Waals surface area contributed by atoms with Gasteiger partial charge in [-0.15, -0.1) is 24.0 Å². The molecule has 0 saturated carbocycles. The molecular weight excluding hydrogens is 695 g/mol. The third-order valence-corrected chi connectivity index (χ3v) is 8.89. The Balaban J connectivity index is 0.00000442. The number of carbonyl (C=O) groups excluding carboxylic acids is 2. The van der Waals surface area contributed by atoms with Crippen LogP contribution < -0.4 is 20.7 Å². The van der Waals surface area contributed by atoms with Crippen LogP contribution in [0.25, 0.3) is 10.8 Å². The first kappa shape index (κ1) is 32.7. The lowest BCUT2D eigenvalue weighted by Crippen LogP contribution is -2.38. The molecule has 5 rings (SSSR count). The second kappa shape index (κ2) is 14.5. The van der Waals surface area contributed by atoms with Gasteiger partial charge >= 0.3 is 5.97 Å². The number of nitrogens with two attached hydrogens (primary N) is 1. The highest BCUT2D eigenvalue weighted by atomic mass is 127. The average Bonchev–Trinajstić information content (AvgIpc) is 3.02. The number of nitrogen functional groups attached to an aromatic ring is 1. The molecule has 1 aliphatic rings. The van der Waals surface area contributed by atoms with Crippen LogP contribution >= 0.6 is 24.0 Å². The number of hydrogen-bond acceptors (Lipinski definition) is 8. The lowest BCUT2D eigenvalue weighted by Gasteiger charge is -2.30. The van der Waals surface area contributed by atoms with Crippen molar-refractivity contribution in [2.75, 3.05) is 42.3 Å². The van der Waals surface area contributed by atoms with Crippen molar-refractivity contribution in [1.29, 1.82) is 5.41 Å². The fourth-order valence-electron chi connectivity index (χ4n) is 4.99. The van der Waals surface area contributed by atoms with Crippen LogP contribution in [0.4, 0.5) is 11.4 Å². The van der Waals surface area contributed by atoms with Crippen molar-refractivity contribution in [3.05, 3.63) is 96.1 Å². The van der Waals surface area contributed by atoms with Crippen molar-refractivity contribution >= 4 is 73.7 Å². The normalized spacial score (nSPS) is 12.5. The first-order valence-electron chi connectivity index (χ1n) is 13.8. The second-order valence-corrected chi connectivity index (χ2v) is 12.2. The summed E-state index contributed by atoms with van der Waals surface area (Å²) in [5.41, 5.74) is 8.49. The molecule has 1 aliphatic heterocycles. The first-order chi connectivity index (χ1) is 20.7. The Kier molecular flexibility index (Phi) is 10.8. The summed E-state index contributed by atoms with van der Waals surface area (Å²) >= 11 is 0. The number of rotatable bonds is 11. The summed E-state index contributed by atoms with van der Waals surface area (Å²) in [7, 11) is -3.65. The van der Waals surface area contributed by atoms with E-state index < -0.39 is 15.8 Å². The number of hydrogen-bond donors (Lipinski definition) is 3. The maximum Gasteiger partial charge on any atom is 0.325 e. The lowest BCUT2D eigenvalue weighted by molar-refractivity contribution is -0.140. The van der Waals surface area contributed by atoms with Crippen molar-refractivity contribution in [1.82, 2.24) is 0 Å². The molecule has 4 aromatic carbocycles. The van der Waals surface area contributed by atoms with Crippen LogP contribution in [0.15, 0.2) is 89.8 Å². The summed E-state index contributed by atoms with van der Waals surface area (Å²) < 4.78 is 36.7. The summed E-state index contributed by atoms with van der Waals surface area (Å²) in [6.45, 7) is 0.0441. The number of aryl methyl sites for hydroxylation is 1. The van der Waals surface area contributed by atoms with E-state index in [4.69, 9.17) is 20.6 Å². The van der Waals surface area contributed by atoms with E-state index in [1.807, 2.05) is 30.3 Å². The molecule has 0 bridgehead atoms. The predicted molar refractivity (Wildman–Crippen MR) is 181 cm³/mol. The van der Waals surface area contributed by atoms with E-state index in [2.05, 4.69) is 5.32 Å². The highest BCUT2D eigenvalue weighted by molar-refractivity contribution is 14.0. The van der Waals surface area contributed by atoms with E-state index in [1.54, 1.807) is 59.5 Å². The van der Waals surface area contributed by atoms with E-state index in [-0.39, 0.29) is 66.1 Å². The van der Waals surface area contributed by atoms with Crippen LogP contribution in [0.5, 0.6) is 5.75 Å².